The summed E-state index contributed by atoms with van der Waals surface area (Å²) in [5.41, 5.74) is 12.5. The van der Waals surface area contributed by atoms with E-state index in [1.165, 1.54) is 49.1 Å². The van der Waals surface area contributed by atoms with Gasteiger partial charge in [-0.3, -0.25) is 0 Å². The minimum absolute atomic E-state index is 1.07. The number of para-hydroxylation sites is 4. The average Bonchev–Trinajstić information content (AvgIpc) is 3.62. The third-order valence-electron chi connectivity index (χ3n) is 11.6. The molecule has 1 heterocycles. The predicted molar refractivity (Wildman–Crippen MR) is 258 cm³/mol. The SMILES string of the molecule is Brc1ccc(-c2c3ccccc3c(-n3c4ccc(N(c5ccccc5)c5ccccc5)cc4c4cc(N(c5ccccc5)c5ccccc5)ccc43)c3ccccc23)cc1. The van der Waals surface area contributed by atoms with Gasteiger partial charge in [0.1, 0.15) is 0 Å². The third-order valence-corrected chi connectivity index (χ3v) is 12.1. The van der Waals surface area contributed by atoms with Gasteiger partial charge in [0.2, 0.25) is 0 Å². The smallest absolute Gasteiger partial charge is 0.0619 e. The molecule has 60 heavy (non-hydrogen) atoms. The van der Waals surface area contributed by atoms with E-state index in [2.05, 4.69) is 261 Å². The Bertz CT molecular complexity index is 3030. The van der Waals surface area contributed by atoms with Crippen LogP contribution >= 0.6 is 15.9 Å². The zero-order valence-electron chi connectivity index (χ0n) is 32.7. The van der Waals surface area contributed by atoms with Crippen LogP contribution in [0.2, 0.25) is 0 Å². The Morgan fingerprint density at radius 1 is 0.300 bits per heavy atom. The van der Waals surface area contributed by atoms with Crippen molar-refractivity contribution in [2.24, 2.45) is 0 Å². The fourth-order valence-corrected chi connectivity index (χ4v) is 9.26. The van der Waals surface area contributed by atoms with E-state index in [1.807, 2.05) is 0 Å². The molecule has 11 aromatic rings. The highest BCUT2D eigenvalue weighted by Crippen LogP contribution is 2.47. The van der Waals surface area contributed by atoms with Gasteiger partial charge in [-0.25, -0.2) is 0 Å². The average molecular weight is 833 g/mol. The molecular weight excluding hydrogens is 795 g/mol. The van der Waals surface area contributed by atoms with Gasteiger partial charge in [-0.2, -0.15) is 0 Å². The summed E-state index contributed by atoms with van der Waals surface area (Å²) < 4.78 is 3.58. The lowest BCUT2D eigenvalue weighted by Gasteiger charge is -2.26. The van der Waals surface area contributed by atoms with Gasteiger partial charge in [0.25, 0.3) is 0 Å². The highest BCUT2D eigenvalue weighted by Gasteiger charge is 2.23. The largest absolute Gasteiger partial charge is 0.310 e. The minimum atomic E-state index is 1.07. The van der Waals surface area contributed by atoms with E-state index in [9.17, 15) is 0 Å². The van der Waals surface area contributed by atoms with Crippen LogP contribution in [-0.2, 0) is 0 Å². The van der Waals surface area contributed by atoms with Gasteiger partial charge in [0, 0.05) is 60.1 Å². The quantitative estimate of drug-likeness (QED) is 0.141. The monoisotopic (exact) mass is 831 g/mol. The number of benzene rings is 10. The summed E-state index contributed by atoms with van der Waals surface area (Å²) in [5, 5.41) is 7.18. The van der Waals surface area contributed by atoms with E-state index in [-0.39, 0.29) is 0 Å². The maximum atomic E-state index is 3.67. The second-order valence-corrected chi connectivity index (χ2v) is 16.0. The maximum Gasteiger partial charge on any atom is 0.0619 e. The van der Waals surface area contributed by atoms with Crippen molar-refractivity contribution in [1.29, 1.82) is 0 Å². The zero-order valence-corrected chi connectivity index (χ0v) is 34.2. The lowest BCUT2D eigenvalue weighted by atomic mass is 9.90. The summed E-state index contributed by atoms with van der Waals surface area (Å²) in [4.78, 5) is 4.70. The lowest BCUT2D eigenvalue weighted by molar-refractivity contribution is 1.21. The molecule has 0 radical (unpaired) electrons. The van der Waals surface area contributed by atoms with E-state index in [0.29, 0.717) is 0 Å². The first kappa shape index (κ1) is 35.7. The summed E-state index contributed by atoms with van der Waals surface area (Å²) >= 11 is 3.67. The van der Waals surface area contributed by atoms with Gasteiger partial charge in [-0.1, -0.05) is 149 Å². The van der Waals surface area contributed by atoms with Crippen molar-refractivity contribution < 1.29 is 0 Å². The molecule has 0 spiro atoms. The summed E-state index contributed by atoms with van der Waals surface area (Å²) in [6.07, 6.45) is 0. The molecule has 0 N–H and O–H groups in total. The van der Waals surface area contributed by atoms with Gasteiger partial charge in [0.05, 0.1) is 16.7 Å². The molecule has 0 saturated carbocycles. The fourth-order valence-electron chi connectivity index (χ4n) is 8.99. The van der Waals surface area contributed by atoms with Crippen LogP contribution in [0.25, 0.3) is 60.2 Å². The number of hydrogen-bond donors (Lipinski definition) is 0. The van der Waals surface area contributed by atoms with Crippen molar-refractivity contribution >= 4 is 93.4 Å². The number of halogens is 1. The van der Waals surface area contributed by atoms with Gasteiger partial charge < -0.3 is 14.4 Å². The first-order chi connectivity index (χ1) is 29.7. The molecule has 0 aliphatic carbocycles. The standard InChI is InChI=1S/C56H38BrN3/c57-40-31-29-39(30-32-40)55-47-25-13-15-27-49(47)56(50-28-16-14-26-48(50)55)60-53-35-33-45(58(41-17-5-1-6-18-41)42-19-7-2-8-20-42)37-51(53)52-38-46(34-36-54(52)60)59(43-21-9-3-10-22-43)44-23-11-4-12-24-44/h1-38H. The highest BCUT2D eigenvalue weighted by molar-refractivity contribution is 9.10. The van der Waals surface area contributed by atoms with Crippen molar-refractivity contribution in [3.05, 3.63) is 235 Å². The Hall–Kier alpha value is -7.40. The van der Waals surface area contributed by atoms with Crippen LogP contribution in [0.3, 0.4) is 0 Å². The van der Waals surface area contributed by atoms with E-state index in [0.717, 1.165) is 49.6 Å². The molecule has 0 bridgehead atoms. The molecule has 0 saturated heterocycles. The van der Waals surface area contributed by atoms with Crippen LogP contribution in [0, 0.1) is 0 Å². The molecule has 0 fully saturated rings. The fraction of sp³-hybridized carbons (Fsp3) is 0. The maximum absolute atomic E-state index is 3.67. The molecular formula is C56H38BrN3. The lowest BCUT2D eigenvalue weighted by Crippen LogP contribution is -2.09. The highest BCUT2D eigenvalue weighted by atomic mass is 79.9. The van der Waals surface area contributed by atoms with Crippen molar-refractivity contribution in [2.45, 2.75) is 0 Å². The Kier molecular flexibility index (Phi) is 8.98. The number of fused-ring (bicyclic) bond motifs is 5. The van der Waals surface area contributed by atoms with E-state index < -0.39 is 0 Å². The normalized spacial score (nSPS) is 11.4. The van der Waals surface area contributed by atoms with Crippen molar-refractivity contribution in [1.82, 2.24) is 4.57 Å². The Morgan fingerprint density at radius 2 is 0.650 bits per heavy atom. The van der Waals surface area contributed by atoms with Gasteiger partial charge in [-0.15, -0.1) is 0 Å². The van der Waals surface area contributed by atoms with Crippen LogP contribution in [0.5, 0.6) is 0 Å². The number of aromatic nitrogens is 1. The van der Waals surface area contributed by atoms with Gasteiger partial charge in [-0.05, 0) is 119 Å². The predicted octanol–water partition coefficient (Wildman–Crippen LogP) is 16.5. The molecule has 0 amide bonds. The molecule has 284 valence electrons. The molecule has 0 atom stereocenters. The minimum Gasteiger partial charge on any atom is -0.310 e. The van der Waals surface area contributed by atoms with Crippen molar-refractivity contribution in [3.8, 4) is 16.8 Å². The molecule has 11 rings (SSSR count). The Labute approximate surface area is 357 Å². The van der Waals surface area contributed by atoms with Crippen LogP contribution in [0.4, 0.5) is 34.1 Å². The van der Waals surface area contributed by atoms with Crippen LogP contribution in [0.15, 0.2) is 235 Å². The van der Waals surface area contributed by atoms with Crippen LogP contribution < -0.4 is 9.80 Å². The van der Waals surface area contributed by atoms with E-state index in [4.69, 9.17) is 0 Å². The van der Waals surface area contributed by atoms with Crippen molar-refractivity contribution in [3.63, 3.8) is 0 Å². The molecule has 0 aliphatic rings. The Morgan fingerprint density at radius 3 is 1.03 bits per heavy atom. The summed E-state index contributed by atoms with van der Waals surface area (Å²) in [5.74, 6) is 0. The summed E-state index contributed by atoms with van der Waals surface area (Å²) in [6, 6.07) is 83.1. The molecule has 3 nitrogen and oxygen atoms in total. The molecule has 0 aliphatic heterocycles. The van der Waals surface area contributed by atoms with Gasteiger partial charge >= 0.3 is 0 Å². The molecule has 0 unspecified atom stereocenters. The first-order valence-corrected chi connectivity index (χ1v) is 21.1. The number of rotatable bonds is 8. The molecule has 1 aromatic heterocycles. The van der Waals surface area contributed by atoms with E-state index in [1.54, 1.807) is 0 Å². The summed E-state index contributed by atoms with van der Waals surface area (Å²) in [6.45, 7) is 0. The van der Waals surface area contributed by atoms with Gasteiger partial charge in [0.15, 0.2) is 0 Å². The number of anilines is 6. The number of hydrogen-bond acceptors (Lipinski definition) is 2. The van der Waals surface area contributed by atoms with Crippen LogP contribution in [0.1, 0.15) is 0 Å². The Balaban J connectivity index is 1.24. The second-order valence-electron chi connectivity index (χ2n) is 15.1. The summed E-state index contributed by atoms with van der Waals surface area (Å²) in [7, 11) is 0. The topological polar surface area (TPSA) is 11.4 Å². The van der Waals surface area contributed by atoms with Crippen LogP contribution in [-0.4, -0.2) is 4.57 Å². The molecule has 10 aromatic carbocycles. The first-order valence-electron chi connectivity index (χ1n) is 20.3. The van der Waals surface area contributed by atoms with Crippen molar-refractivity contribution in [2.75, 3.05) is 9.80 Å². The molecule has 4 heteroatoms. The van der Waals surface area contributed by atoms with E-state index >= 15 is 0 Å². The zero-order chi connectivity index (χ0) is 40.0. The third kappa shape index (κ3) is 6.12. The number of nitrogens with zero attached hydrogens (tertiary/aromatic N) is 3. The second kappa shape index (κ2) is 15.1.